The van der Waals surface area contributed by atoms with Gasteiger partial charge in [-0.05, 0) is 0 Å². The minimum absolute atomic E-state index is 0.324. The molecule has 0 radical (unpaired) electrons. The maximum absolute atomic E-state index is 5.28. The molecule has 2 aromatic heterocycles. The van der Waals surface area contributed by atoms with Gasteiger partial charge in [-0.25, -0.2) is 0 Å². The van der Waals surface area contributed by atoms with Crippen LogP contribution in [0.3, 0.4) is 0 Å². The molecule has 0 atom stereocenters. The van der Waals surface area contributed by atoms with Crippen LogP contribution < -0.4 is 0 Å². The van der Waals surface area contributed by atoms with Crippen LogP contribution in [0.25, 0.3) is 61.9 Å². The molecule has 0 bridgehead atoms. The summed E-state index contributed by atoms with van der Waals surface area (Å²) in [4.78, 5) is 10.4. The molecule has 7 aromatic rings. The molecule has 2 heterocycles. The van der Waals surface area contributed by atoms with Crippen molar-refractivity contribution in [3.63, 3.8) is 0 Å². The summed E-state index contributed by atoms with van der Waals surface area (Å²) in [6, 6.07) is 38.8. The normalized spacial score (nSPS) is 11.6. The molecule has 0 aliphatic carbocycles. The van der Waals surface area contributed by atoms with Crippen LogP contribution in [0, 0.1) is 0 Å². The van der Waals surface area contributed by atoms with Gasteiger partial charge >= 0.3 is 201 Å². The number of nitrogens with zero attached hydrogens (tertiary/aromatic N) is 2. The van der Waals surface area contributed by atoms with Crippen molar-refractivity contribution in [2.75, 3.05) is 0 Å². The Balaban J connectivity index is 1.58. The molecule has 33 heavy (non-hydrogen) atoms. The fraction of sp³-hybridized carbons (Fsp3) is 0. The zero-order valence-corrected chi connectivity index (χ0v) is 20.0. The number of rotatable bonds is 2. The Kier molecular flexibility index (Phi) is 4.33. The van der Waals surface area contributed by atoms with Crippen molar-refractivity contribution in [3.05, 3.63) is 109 Å². The first kappa shape index (κ1) is 19.0. The third kappa shape index (κ3) is 3.09. The summed E-state index contributed by atoms with van der Waals surface area (Å²) < 4.78 is 3.03. The Bertz CT molecular complexity index is 1820. The summed E-state index contributed by atoms with van der Waals surface area (Å²) in [6.07, 6.45) is 0. The van der Waals surface area contributed by atoms with Crippen LogP contribution in [0.2, 0.25) is 0 Å². The van der Waals surface area contributed by atoms with E-state index in [0.29, 0.717) is 0 Å². The second-order valence-electron chi connectivity index (χ2n) is 8.25. The van der Waals surface area contributed by atoms with Gasteiger partial charge in [0.25, 0.3) is 0 Å². The van der Waals surface area contributed by atoms with Crippen molar-refractivity contribution < 1.29 is 0 Å². The molecule has 0 unspecified atom stereocenters. The van der Waals surface area contributed by atoms with E-state index in [1.807, 2.05) is 6.07 Å². The molecule has 0 aliphatic rings. The molecule has 0 saturated carbocycles. The molecule has 0 amide bonds. The quantitative estimate of drug-likeness (QED) is 0.170. The fourth-order valence-corrected chi connectivity index (χ4v) is 7.76. The van der Waals surface area contributed by atoms with Gasteiger partial charge in [0.1, 0.15) is 0 Å². The van der Waals surface area contributed by atoms with Gasteiger partial charge in [-0.2, -0.15) is 0 Å². The average Bonchev–Trinajstić information content (AvgIpc) is 3.26. The summed E-state index contributed by atoms with van der Waals surface area (Å²) in [5, 5.41) is 5.08. The molecule has 154 valence electrons. The Morgan fingerprint density at radius 1 is 0.485 bits per heavy atom. The fourth-order valence-electron chi connectivity index (χ4n) is 4.66. The van der Waals surface area contributed by atoms with Gasteiger partial charge in [0.05, 0.1) is 0 Å². The Hall–Kier alpha value is -3.51. The molecule has 0 spiro atoms. The van der Waals surface area contributed by atoms with E-state index in [9.17, 15) is 0 Å². The van der Waals surface area contributed by atoms with Gasteiger partial charge < -0.3 is 0 Å². The van der Waals surface area contributed by atoms with E-state index in [1.165, 1.54) is 23.0 Å². The van der Waals surface area contributed by atoms with Crippen LogP contribution in [0.15, 0.2) is 109 Å². The van der Waals surface area contributed by atoms with Crippen molar-refractivity contribution >= 4 is 59.8 Å². The molecular weight excluding hydrogens is 516 g/mol. The molecule has 3 heteroatoms. The van der Waals surface area contributed by atoms with Crippen molar-refractivity contribution in [3.8, 4) is 22.5 Å². The third-order valence-corrected chi connectivity index (χ3v) is 9.54. The zero-order valence-electron chi connectivity index (χ0n) is 17.7. The van der Waals surface area contributed by atoms with Crippen molar-refractivity contribution in [1.82, 2.24) is 9.97 Å². The standard InChI is InChI=1S/C30H18N2Te/c1-2-9-20(10-3-1)28-29(32-30-22-11-5-4-8-19(22)14-16-25(30)31-28)21-15-17-27-24(18-21)23-12-6-7-13-26(23)33-27/h1-18H. The summed E-state index contributed by atoms with van der Waals surface area (Å²) in [6.45, 7) is 0. The Morgan fingerprint density at radius 3 is 2.12 bits per heavy atom. The van der Waals surface area contributed by atoms with Gasteiger partial charge in [0.15, 0.2) is 0 Å². The summed E-state index contributed by atoms with van der Waals surface area (Å²) >= 11 is -0.324. The van der Waals surface area contributed by atoms with Gasteiger partial charge in [-0.15, -0.1) is 0 Å². The van der Waals surface area contributed by atoms with E-state index in [2.05, 4.69) is 103 Å². The molecule has 0 fully saturated rings. The molecule has 7 rings (SSSR count). The monoisotopic (exact) mass is 536 g/mol. The van der Waals surface area contributed by atoms with E-state index in [1.54, 1.807) is 0 Å². The predicted molar refractivity (Wildman–Crippen MR) is 140 cm³/mol. The van der Waals surface area contributed by atoms with E-state index >= 15 is 0 Å². The summed E-state index contributed by atoms with van der Waals surface area (Å²) in [5.41, 5.74) is 5.97. The molecular formula is C30H18N2Te. The number of hydrogen-bond donors (Lipinski definition) is 0. The van der Waals surface area contributed by atoms with Crippen LogP contribution in [-0.2, 0) is 0 Å². The summed E-state index contributed by atoms with van der Waals surface area (Å²) in [7, 11) is 0. The topological polar surface area (TPSA) is 25.8 Å². The Labute approximate surface area is 200 Å². The first-order valence-electron chi connectivity index (χ1n) is 11.0. The van der Waals surface area contributed by atoms with Crippen molar-refractivity contribution in [1.29, 1.82) is 0 Å². The van der Waals surface area contributed by atoms with Crippen molar-refractivity contribution in [2.24, 2.45) is 0 Å². The van der Waals surface area contributed by atoms with Crippen LogP contribution in [0.5, 0.6) is 0 Å². The molecule has 0 aliphatic heterocycles. The first-order chi connectivity index (χ1) is 16.3. The van der Waals surface area contributed by atoms with Crippen LogP contribution >= 0.6 is 0 Å². The minimum atomic E-state index is -0.324. The van der Waals surface area contributed by atoms with Gasteiger partial charge in [0, 0.05) is 0 Å². The Morgan fingerprint density at radius 2 is 1.21 bits per heavy atom. The summed E-state index contributed by atoms with van der Waals surface area (Å²) in [5.74, 6) is 0. The first-order valence-corrected chi connectivity index (χ1v) is 13.3. The van der Waals surface area contributed by atoms with Crippen LogP contribution in [-0.4, -0.2) is 30.4 Å². The number of aromatic nitrogens is 2. The second-order valence-corrected chi connectivity index (χ2v) is 11.3. The predicted octanol–water partition coefficient (Wildman–Crippen LogP) is 7.48. The number of hydrogen-bond acceptors (Lipinski definition) is 2. The molecule has 2 nitrogen and oxygen atoms in total. The van der Waals surface area contributed by atoms with E-state index < -0.39 is 0 Å². The molecule has 5 aromatic carbocycles. The van der Waals surface area contributed by atoms with Gasteiger partial charge in [-0.3, -0.25) is 0 Å². The maximum atomic E-state index is 5.28. The number of fused-ring (bicyclic) bond motifs is 6. The van der Waals surface area contributed by atoms with E-state index in [-0.39, 0.29) is 20.4 Å². The second kappa shape index (κ2) is 7.52. The van der Waals surface area contributed by atoms with Crippen LogP contribution in [0.4, 0.5) is 0 Å². The zero-order chi connectivity index (χ0) is 21.8. The SMILES string of the molecule is c1ccc(-c2nc3ccc4ccccc4c3nc2-c2ccc3[te]c4ccccc4c3c2)cc1. The molecule has 0 N–H and O–H groups in total. The van der Waals surface area contributed by atoms with E-state index in [4.69, 9.17) is 9.97 Å². The third-order valence-electron chi connectivity index (χ3n) is 6.26. The van der Waals surface area contributed by atoms with Gasteiger partial charge in [-0.1, -0.05) is 0 Å². The van der Waals surface area contributed by atoms with Gasteiger partial charge in [0.2, 0.25) is 0 Å². The molecule has 0 saturated heterocycles. The van der Waals surface area contributed by atoms with E-state index in [0.717, 1.165) is 38.9 Å². The van der Waals surface area contributed by atoms with Crippen molar-refractivity contribution in [2.45, 2.75) is 0 Å². The average molecular weight is 534 g/mol. The van der Waals surface area contributed by atoms with Crippen LogP contribution in [0.1, 0.15) is 0 Å². The number of benzene rings is 5.